The van der Waals surface area contributed by atoms with Crippen molar-refractivity contribution in [3.8, 4) is 29.1 Å². The summed E-state index contributed by atoms with van der Waals surface area (Å²) in [4.78, 5) is 12.3. The molecule has 2 aliphatic rings. The number of hydrogen-bond acceptors (Lipinski definition) is 9. The first-order valence-corrected chi connectivity index (χ1v) is 7.90. The van der Waals surface area contributed by atoms with Crippen LogP contribution in [0.5, 0.6) is 23.0 Å². The molecule has 0 amide bonds. The van der Waals surface area contributed by atoms with Crippen LogP contribution in [-0.2, 0) is 6.61 Å². The summed E-state index contributed by atoms with van der Waals surface area (Å²) in [5.74, 6) is 0.187. The Morgan fingerprint density at radius 2 is 2.15 bits per heavy atom. The topological polar surface area (TPSA) is 137 Å². The minimum atomic E-state index is -0.846. The van der Waals surface area contributed by atoms with E-state index < -0.39 is 18.0 Å². The summed E-state index contributed by atoms with van der Waals surface area (Å²) in [6, 6.07) is 6.41. The standard InChI is InChI=1S/C18H14N2O7/c1-23-12-2-8(3-13-16(12)25-7-24-13)14-10(5-19)18(20)27-15-11(22)4-9(6-21)26-17(14)15/h2-4,14,21H,6-7,20H2,1H3/t14-/m0/s1. The number of nitrogens with two attached hydrogens (primary N) is 1. The van der Waals surface area contributed by atoms with Crippen molar-refractivity contribution in [2.75, 3.05) is 13.9 Å². The summed E-state index contributed by atoms with van der Waals surface area (Å²) in [5, 5.41) is 19.0. The highest BCUT2D eigenvalue weighted by atomic mass is 16.7. The molecular weight excluding hydrogens is 356 g/mol. The van der Waals surface area contributed by atoms with Gasteiger partial charge in [-0.3, -0.25) is 4.79 Å². The van der Waals surface area contributed by atoms with Gasteiger partial charge >= 0.3 is 0 Å². The molecule has 138 valence electrons. The SMILES string of the molecule is COc1cc([C@H]2C(C#N)=C(N)Oc3c2oc(CO)cc3=O)cc2c1OCO2. The molecule has 0 saturated carbocycles. The lowest BCUT2D eigenvalue weighted by Crippen LogP contribution is -2.25. The van der Waals surface area contributed by atoms with E-state index in [1.807, 2.05) is 6.07 Å². The third kappa shape index (κ3) is 2.54. The molecule has 0 bridgehead atoms. The van der Waals surface area contributed by atoms with Crippen LogP contribution in [0.3, 0.4) is 0 Å². The van der Waals surface area contributed by atoms with Crippen LogP contribution in [-0.4, -0.2) is 19.0 Å². The van der Waals surface area contributed by atoms with Gasteiger partial charge in [-0.1, -0.05) is 0 Å². The van der Waals surface area contributed by atoms with Gasteiger partial charge in [0.25, 0.3) is 0 Å². The fourth-order valence-electron chi connectivity index (χ4n) is 3.11. The van der Waals surface area contributed by atoms with E-state index in [0.717, 1.165) is 6.07 Å². The summed E-state index contributed by atoms with van der Waals surface area (Å²) in [6.07, 6.45) is 0. The maximum atomic E-state index is 12.3. The van der Waals surface area contributed by atoms with Gasteiger partial charge in [0, 0.05) is 6.07 Å². The summed E-state index contributed by atoms with van der Waals surface area (Å²) >= 11 is 0. The molecule has 4 rings (SSSR count). The van der Waals surface area contributed by atoms with Crippen molar-refractivity contribution < 1.29 is 28.5 Å². The van der Waals surface area contributed by atoms with Crippen LogP contribution in [0.25, 0.3) is 0 Å². The number of nitrogens with zero attached hydrogens (tertiary/aromatic N) is 1. The Kier molecular flexibility index (Phi) is 3.90. The number of fused-ring (bicyclic) bond motifs is 2. The van der Waals surface area contributed by atoms with E-state index in [-0.39, 0.29) is 35.5 Å². The van der Waals surface area contributed by atoms with Crippen molar-refractivity contribution >= 4 is 0 Å². The van der Waals surface area contributed by atoms with E-state index >= 15 is 0 Å². The van der Waals surface area contributed by atoms with Gasteiger partial charge in [-0.15, -0.1) is 0 Å². The second-order valence-electron chi connectivity index (χ2n) is 5.81. The molecular formula is C18H14N2O7. The number of hydrogen-bond donors (Lipinski definition) is 2. The zero-order chi connectivity index (χ0) is 19.1. The molecule has 1 atom stereocenters. The van der Waals surface area contributed by atoms with Gasteiger partial charge in [-0.2, -0.15) is 5.26 Å². The molecule has 3 N–H and O–H groups in total. The monoisotopic (exact) mass is 370 g/mol. The smallest absolute Gasteiger partial charge is 0.231 e. The van der Waals surface area contributed by atoms with Gasteiger partial charge in [-0.05, 0) is 17.7 Å². The first-order valence-electron chi connectivity index (χ1n) is 7.90. The van der Waals surface area contributed by atoms with Crippen molar-refractivity contribution in [3.63, 3.8) is 0 Å². The fourth-order valence-corrected chi connectivity index (χ4v) is 3.11. The molecule has 2 aromatic rings. The molecule has 1 aromatic carbocycles. The Morgan fingerprint density at radius 3 is 2.85 bits per heavy atom. The predicted molar refractivity (Wildman–Crippen MR) is 89.3 cm³/mol. The van der Waals surface area contributed by atoms with Crippen LogP contribution in [0.1, 0.15) is 23.0 Å². The summed E-state index contributed by atoms with van der Waals surface area (Å²) in [7, 11) is 1.47. The quantitative estimate of drug-likeness (QED) is 0.813. The lowest BCUT2D eigenvalue weighted by atomic mass is 9.87. The van der Waals surface area contributed by atoms with Crippen molar-refractivity contribution in [3.05, 3.63) is 57.0 Å². The third-order valence-electron chi connectivity index (χ3n) is 4.30. The second kappa shape index (κ2) is 6.26. The zero-order valence-electron chi connectivity index (χ0n) is 14.1. The number of nitriles is 1. The molecule has 0 spiro atoms. The maximum absolute atomic E-state index is 12.3. The summed E-state index contributed by atoms with van der Waals surface area (Å²) < 4.78 is 27.1. The van der Waals surface area contributed by atoms with Crippen LogP contribution in [0.4, 0.5) is 0 Å². The van der Waals surface area contributed by atoms with Gasteiger partial charge in [0.1, 0.15) is 24.0 Å². The Labute approximate surface area is 152 Å². The molecule has 0 saturated heterocycles. The highest BCUT2D eigenvalue weighted by Crippen LogP contribution is 2.47. The van der Waals surface area contributed by atoms with Gasteiger partial charge in [-0.25, -0.2) is 0 Å². The zero-order valence-corrected chi connectivity index (χ0v) is 14.1. The summed E-state index contributed by atoms with van der Waals surface area (Å²) in [5.41, 5.74) is 5.94. The number of benzene rings is 1. The molecule has 27 heavy (non-hydrogen) atoms. The Hall–Kier alpha value is -3.64. The second-order valence-corrected chi connectivity index (χ2v) is 5.81. The van der Waals surface area contributed by atoms with Crippen molar-refractivity contribution in [2.45, 2.75) is 12.5 Å². The van der Waals surface area contributed by atoms with Gasteiger partial charge in [0.2, 0.25) is 29.6 Å². The lowest BCUT2D eigenvalue weighted by molar-refractivity contribution is 0.171. The minimum absolute atomic E-state index is 0.0341. The van der Waals surface area contributed by atoms with E-state index in [1.165, 1.54) is 7.11 Å². The number of aliphatic hydroxyl groups excluding tert-OH is 1. The summed E-state index contributed by atoms with van der Waals surface area (Å²) in [6.45, 7) is -0.451. The first-order chi connectivity index (χ1) is 13.1. The highest BCUT2D eigenvalue weighted by Gasteiger charge is 2.36. The number of allylic oxidation sites excluding steroid dienone is 1. The largest absolute Gasteiger partial charge is 0.493 e. The molecule has 1 aromatic heterocycles. The molecule has 9 nitrogen and oxygen atoms in total. The Bertz CT molecular complexity index is 1060. The normalized spacial score (nSPS) is 17.1. The molecule has 2 aliphatic heterocycles. The van der Waals surface area contributed by atoms with Crippen LogP contribution in [0, 0.1) is 11.3 Å². The van der Waals surface area contributed by atoms with E-state index in [4.69, 9.17) is 29.1 Å². The molecule has 0 radical (unpaired) electrons. The average molecular weight is 370 g/mol. The van der Waals surface area contributed by atoms with Crippen LogP contribution in [0.2, 0.25) is 0 Å². The third-order valence-corrected chi connectivity index (χ3v) is 4.30. The minimum Gasteiger partial charge on any atom is -0.493 e. The highest BCUT2D eigenvalue weighted by molar-refractivity contribution is 5.60. The number of methoxy groups -OCH3 is 1. The number of aliphatic hydroxyl groups is 1. The average Bonchev–Trinajstić information content (AvgIpc) is 3.15. The maximum Gasteiger partial charge on any atom is 0.231 e. The fraction of sp³-hybridized carbons (Fsp3) is 0.222. The van der Waals surface area contributed by atoms with E-state index in [9.17, 15) is 15.2 Å². The van der Waals surface area contributed by atoms with Crippen molar-refractivity contribution in [2.24, 2.45) is 5.73 Å². The molecule has 9 heteroatoms. The first kappa shape index (κ1) is 16.8. The molecule has 3 heterocycles. The molecule has 0 aliphatic carbocycles. The molecule has 0 unspecified atom stereocenters. The predicted octanol–water partition coefficient (Wildman–Crippen LogP) is 1.09. The number of ether oxygens (including phenoxy) is 4. The Balaban J connectivity index is 1.98. The lowest BCUT2D eigenvalue weighted by Gasteiger charge is -2.25. The van der Waals surface area contributed by atoms with Crippen molar-refractivity contribution in [1.29, 1.82) is 5.26 Å². The van der Waals surface area contributed by atoms with Gasteiger partial charge in [0.15, 0.2) is 17.3 Å². The Morgan fingerprint density at radius 1 is 1.33 bits per heavy atom. The van der Waals surface area contributed by atoms with Crippen LogP contribution >= 0.6 is 0 Å². The van der Waals surface area contributed by atoms with Crippen molar-refractivity contribution in [1.82, 2.24) is 0 Å². The van der Waals surface area contributed by atoms with Crippen LogP contribution in [0.15, 0.2) is 38.9 Å². The van der Waals surface area contributed by atoms with E-state index in [2.05, 4.69) is 0 Å². The van der Waals surface area contributed by atoms with Crippen LogP contribution < -0.4 is 30.1 Å². The van der Waals surface area contributed by atoms with E-state index in [1.54, 1.807) is 12.1 Å². The van der Waals surface area contributed by atoms with E-state index in [0.29, 0.717) is 22.8 Å². The van der Waals surface area contributed by atoms with Gasteiger partial charge in [0.05, 0.1) is 13.0 Å². The molecule has 0 fully saturated rings. The van der Waals surface area contributed by atoms with Gasteiger partial charge < -0.3 is 34.2 Å². The number of rotatable bonds is 3.